The Kier molecular flexibility index (Phi) is 4.98. The van der Waals surface area contributed by atoms with Crippen LogP contribution in [0, 0.1) is 5.92 Å². The first kappa shape index (κ1) is 14.4. The average molecular weight is 276 g/mol. The predicted molar refractivity (Wildman–Crippen MR) is 77.1 cm³/mol. The van der Waals surface area contributed by atoms with Crippen LogP contribution < -0.4 is 10.1 Å². The third kappa shape index (κ3) is 4.26. The summed E-state index contributed by atoms with van der Waals surface area (Å²) in [5.41, 5.74) is 0.546. The number of carbonyl (C=O) groups excluding carboxylic acids is 1. The maximum absolute atomic E-state index is 12.1. The van der Waals surface area contributed by atoms with E-state index in [2.05, 4.69) is 10.3 Å². The van der Waals surface area contributed by atoms with Crippen molar-refractivity contribution in [2.24, 2.45) is 10.9 Å². The SMILES string of the molecule is CCOC(=NCC1CC1)NC(=O)c1ccc(OC)cc1. The molecule has 1 amide bonds. The van der Waals surface area contributed by atoms with Gasteiger partial charge >= 0.3 is 0 Å². The number of amides is 1. The van der Waals surface area contributed by atoms with E-state index >= 15 is 0 Å². The van der Waals surface area contributed by atoms with Crippen LogP contribution >= 0.6 is 0 Å². The Morgan fingerprint density at radius 2 is 2.05 bits per heavy atom. The summed E-state index contributed by atoms with van der Waals surface area (Å²) in [5, 5.41) is 2.70. The fourth-order valence-corrected chi connectivity index (χ4v) is 1.68. The third-order valence-corrected chi connectivity index (χ3v) is 3.04. The Hall–Kier alpha value is -2.04. The van der Waals surface area contributed by atoms with E-state index in [-0.39, 0.29) is 5.91 Å². The summed E-state index contributed by atoms with van der Waals surface area (Å²) in [6, 6.07) is 7.21. The Morgan fingerprint density at radius 1 is 1.35 bits per heavy atom. The number of carbonyl (C=O) groups is 1. The Balaban J connectivity index is 1.96. The Bertz CT molecular complexity index is 478. The van der Waals surface area contributed by atoms with Gasteiger partial charge < -0.3 is 9.47 Å². The van der Waals surface area contributed by atoms with Crippen molar-refractivity contribution in [1.82, 2.24) is 5.32 Å². The zero-order valence-electron chi connectivity index (χ0n) is 11.9. The second-order valence-corrected chi connectivity index (χ2v) is 4.70. The van der Waals surface area contributed by atoms with Gasteiger partial charge in [0.25, 0.3) is 11.9 Å². The number of nitrogens with zero attached hydrogens (tertiary/aromatic N) is 1. The van der Waals surface area contributed by atoms with Crippen LogP contribution in [0.2, 0.25) is 0 Å². The summed E-state index contributed by atoms with van der Waals surface area (Å²) in [4.78, 5) is 16.4. The molecule has 1 aromatic carbocycles. The second kappa shape index (κ2) is 6.93. The van der Waals surface area contributed by atoms with Crippen LogP contribution in [0.25, 0.3) is 0 Å². The predicted octanol–water partition coefficient (Wildman–Crippen LogP) is 2.23. The lowest BCUT2D eigenvalue weighted by atomic mass is 10.2. The monoisotopic (exact) mass is 276 g/mol. The van der Waals surface area contributed by atoms with Crippen LogP contribution in [0.5, 0.6) is 5.75 Å². The minimum absolute atomic E-state index is 0.226. The van der Waals surface area contributed by atoms with E-state index in [0.717, 1.165) is 6.54 Å². The summed E-state index contributed by atoms with van der Waals surface area (Å²) >= 11 is 0. The van der Waals surface area contributed by atoms with E-state index in [1.165, 1.54) is 12.8 Å². The zero-order valence-corrected chi connectivity index (χ0v) is 11.9. The molecule has 0 aromatic heterocycles. The van der Waals surface area contributed by atoms with Crippen molar-refractivity contribution in [3.63, 3.8) is 0 Å². The van der Waals surface area contributed by atoms with Crippen molar-refractivity contribution in [3.05, 3.63) is 29.8 Å². The molecule has 20 heavy (non-hydrogen) atoms. The normalized spacial score (nSPS) is 14.8. The molecule has 1 aromatic rings. The average Bonchev–Trinajstić information content (AvgIpc) is 3.29. The van der Waals surface area contributed by atoms with Gasteiger partial charge in [0.1, 0.15) is 5.75 Å². The summed E-state index contributed by atoms with van der Waals surface area (Å²) in [6.45, 7) is 3.07. The minimum atomic E-state index is -0.226. The molecule has 0 radical (unpaired) electrons. The molecule has 1 N–H and O–H groups in total. The van der Waals surface area contributed by atoms with Crippen LogP contribution in [0.1, 0.15) is 30.1 Å². The number of nitrogens with one attached hydrogen (secondary N) is 1. The van der Waals surface area contributed by atoms with Crippen LogP contribution in [-0.4, -0.2) is 32.2 Å². The van der Waals surface area contributed by atoms with E-state index in [1.54, 1.807) is 31.4 Å². The molecule has 108 valence electrons. The Morgan fingerprint density at radius 3 is 2.60 bits per heavy atom. The van der Waals surface area contributed by atoms with Crippen molar-refractivity contribution in [2.75, 3.05) is 20.3 Å². The van der Waals surface area contributed by atoms with Gasteiger partial charge in [-0.25, -0.2) is 4.99 Å². The maximum Gasteiger partial charge on any atom is 0.291 e. The van der Waals surface area contributed by atoms with E-state index in [1.807, 2.05) is 6.92 Å². The largest absolute Gasteiger partial charge is 0.497 e. The van der Waals surface area contributed by atoms with Crippen molar-refractivity contribution in [1.29, 1.82) is 0 Å². The number of rotatable bonds is 5. The molecule has 1 saturated carbocycles. The lowest BCUT2D eigenvalue weighted by molar-refractivity contribution is 0.0966. The van der Waals surface area contributed by atoms with Gasteiger partial charge in [-0.1, -0.05) is 0 Å². The second-order valence-electron chi connectivity index (χ2n) is 4.70. The van der Waals surface area contributed by atoms with Crippen LogP contribution in [-0.2, 0) is 4.74 Å². The van der Waals surface area contributed by atoms with Crippen molar-refractivity contribution in [3.8, 4) is 5.75 Å². The number of methoxy groups -OCH3 is 1. The molecule has 0 heterocycles. The fraction of sp³-hybridized carbons (Fsp3) is 0.467. The van der Waals surface area contributed by atoms with Crippen LogP contribution in [0.3, 0.4) is 0 Å². The van der Waals surface area contributed by atoms with Gasteiger partial charge in [0.15, 0.2) is 0 Å². The fourth-order valence-electron chi connectivity index (χ4n) is 1.68. The minimum Gasteiger partial charge on any atom is -0.497 e. The first-order valence-electron chi connectivity index (χ1n) is 6.85. The molecule has 0 bridgehead atoms. The molecule has 5 nitrogen and oxygen atoms in total. The van der Waals surface area contributed by atoms with Crippen molar-refractivity contribution < 1.29 is 14.3 Å². The molecule has 1 fully saturated rings. The van der Waals surface area contributed by atoms with Gasteiger partial charge in [0, 0.05) is 12.1 Å². The molecular weight excluding hydrogens is 256 g/mol. The standard InChI is InChI=1S/C15H20N2O3/c1-3-20-15(16-10-11-4-5-11)17-14(18)12-6-8-13(19-2)9-7-12/h6-9,11H,3-5,10H2,1-2H3,(H,16,17,18). The number of benzene rings is 1. The van der Waals surface area contributed by atoms with E-state index in [0.29, 0.717) is 29.9 Å². The highest BCUT2D eigenvalue weighted by molar-refractivity contribution is 6.04. The molecule has 0 atom stereocenters. The lowest BCUT2D eigenvalue weighted by Gasteiger charge is -2.09. The van der Waals surface area contributed by atoms with Gasteiger partial charge in [-0.3, -0.25) is 10.1 Å². The van der Waals surface area contributed by atoms with E-state index < -0.39 is 0 Å². The Labute approximate surface area is 119 Å². The smallest absolute Gasteiger partial charge is 0.291 e. The van der Waals surface area contributed by atoms with Crippen molar-refractivity contribution >= 4 is 11.9 Å². The van der Waals surface area contributed by atoms with Crippen LogP contribution in [0.4, 0.5) is 0 Å². The highest BCUT2D eigenvalue weighted by Gasteiger charge is 2.21. The number of aliphatic imine (C=N–C) groups is 1. The molecule has 0 saturated heterocycles. The van der Waals surface area contributed by atoms with Gasteiger partial charge in [-0.15, -0.1) is 0 Å². The first-order valence-corrected chi connectivity index (χ1v) is 6.85. The summed E-state index contributed by atoms with van der Waals surface area (Å²) in [7, 11) is 1.59. The van der Waals surface area contributed by atoms with Gasteiger partial charge in [-0.2, -0.15) is 0 Å². The first-order chi connectivity index (χ1) is 9.72. The molecule has 0 unspecified atom stereocenters. The summed E-state index contributed by atoms with van der Waals surface area (Å²) in [6.07, 6.45) is 2.44. The number of hydrogen-bond donors (Lipinski definition) is 1. The summed E-state index contributed by atoms with van der Waals surface area (Å²) in [5.74, 6) is 1.15. The lowest BCUT2D eigenvalue weighted by Crippen LogP contribution is -2.32. The molecule has 1 aliphatic carbocycles. The van der Waals surface area contributed by atoms with E-state index in [4.69, 9.17) is 9.47 Å². The van der Waals surface area contributed by atoms with Gasteiger partial charge in [0.05, 0.1) is 13.7 Å². The highest BCUT2D eigenvalue weighted by Crippen LogP contribution is 2.28. The summed E-state index contributed by atoms with van der Waals surface area (Å²) < 4.78 is 10.4. The van der Waals surface area contributed by atoms with Crippen molar-refractivity contribution in [2.45, 2.75) is 19.8 Å². The topological polar surface area (TPSA) is 59.9 Å². The maximum atomic E-state index is 12.1. The molecule has 0 spiro atoms. The molecule has 5 heteroatoms. The highest BCUT2D eigenvalue weighted by atomic mass is 16.5. The molecule has 0 aliphatic heterocycles. The quantitative estimate of drug-likeness (QED) is 0.662. The number of ether oxygens (including phenoxy) is 2. The number of amidine groups is 1. The molecule has 2 rings (SSSR count). The molecule has 1 aliphatic rings. The third-order valence-electron chi connectivity index (χ3n) is 3.04. The van der Waals surface area contributed by atoms with Gasteiger partial charge in [-0.05, 0) is 49.9 Å². The number of hydrogen-bond acceptors (Lipinski definition) is 4. The van der Waals surface area contributed by atoms with Crippen LogP contribution in [0.15, 0.2) is 29.3 Å². The molecular formula is C15H20N2O3. The van der Waals surface area contributed by atoms with E-state index in [9.17, 15) is 4.79 Å². The van der Waals surface area contributed by atoms with Gasteiger partial charge in [0.2, 0.25) is 0 Å². The zero-order chi connectivity index (χ0) is 14.4.